The standard InChI is InChI=1S/C20H20N2O5.C19H24N2O4.C2H6/c1-20(15-9-4-5-10-17(15)27-3)18(25)22(19(26)21(20)2)12-16(24)13-7-6-8-14(23)11-13;1-12-6-4-9-15(12)19(2)17(24)21(18(25)20(19)3)11-16(23)13-7-5-8-14(22)10-13;1-2/h4-11,23H,12H2,1-3H3;5,7-8,10,12,15,22H,4,6,9,11H2,1-3H3;1-2H3. The number of Topliss-reactive ketones (excluding diaryl/α,β-unsaturated/α-hetero) is 2. The van der Waals surface area contributed by atoms with Gasteiger partial charge in [0.1, 0.15) is 28.3 Å². The van der Waals surface area contributed by atoms with Crippen LogP contribution < -0.4 is 4.74 Å². The van der Waals surface area contributed by atoms with Gasteiger partial charge in [-0.1, -0.05) is 76.1 Å². The van der Waals surface area contributed by atoms with Crippen molar-refractivity contribution in [1.82, 2.24) is 19.6 Å². The maximum absolute atomic E-state index is 13.2. The number of imide groups is 2. The van der Waals surface area contributed by atoms with E-state index < -0.39 is 41.4 Å². The minimum absolute atomic E-state index is 0.0216. The number of carbonyl (C=O) groups excluding carboxylic acids is 6. The first kappa shape index (κ1) is 41.0. The van der Waals surface area contributed by atoms with E-state index in [1.165, 1.54) is 60.4 Å². The number of urea groups is 2. The third-order valence-electron chi connectivity index (χ3n) is 10.9. The fraction of sp³-hybridized carbons (Fsp3) is 0.415. The molecule has 13 nitrogen and oxygen atoms in total. The molecule has 2 aliphatic heterocycles. The van der Waals surface area contributed by atoms with Gasteiger partial charge in [0.25, 0.3) is 11.8 Å². The van der Waals surface area contributed by atoms with Gasteiger partial charge in [0.15, 0.2) is 11.6 Å². The Morgan fingerprint density at radius 2 is 1.24 bits per heavy atom. The fourth-order valence-electron chi connectivity index (χ4n) is 7.59. The van der Waals surface area contributed by atoms with Gasteiger partial charge in [-0.25, -0.2) is 9.59 Å². The average Bonchev–Trinajstić information content (AvgIpc) is 3.73. The summed E-state index contributed by atoms with van der Waals surface area (Å²) in [5.74, 6) is -0.738. The Morgan fingerprint density at radius 3 is 1.72 bits per heavy atom. The van der Waals surface area contributed by atoms with Gasteiger partial charge < -0.3 is 24.7 Å². The van der Waals surface area contributed by atoms with Crippen LogP contribution in [0.2, 0.25) is 0 Å². The smallest absolute Gasteiger partial charge is 0.328 e. The number of hydrogen-bond donors (Lipinski definition) is 2. The topological polar surface area (TPSA) is 165 Å². The number of hydrogen-bond acceptors (Lipinski definition) is 9. The number of aromatic hydroxyl groups is 2. The number of likely N-dealkylation sites (N-methyl/N-ethyl adjacent to an activating group) is 2. The number of phenolic OH excluding ortho intramolecular Hbond substituents is 2. The molecule has 1 aliphatic carbocycles. The fourth-order valence-corrected chi connectivity index (χ4v) is 7.59. The number of amides is 6. The molecule has 6 amide bonds. The number of rotatable bonds is 9. The molecule has 0 radical (unpaired) electrons. The molecule has 13 heteroatoms. The summed E-state index contributed by atoms with van der Waals surface area (Å²) in [6.45, 7) is 8.86. The first-order chi connectivity index (χ1) is 25.6. The summed E-state index contributed by atoms with van der Waals surface area (Å²) < 4.78 is 5.35. The lowest BCUT2D eigenvalue weighted by atomic mass is 9.78. The Hall–Kier alpha value is -5.72. The van der Waals surface area contributed by atoms with E-state index in [4.69, 9.17) is 4.74 Å². The number of nitrogens with zero attached hydrogens (tertiary/aromatic N) is 4. The van der Waals surface area contributed by atoms with E-state index in [9.17, 15) is 39.0 Å². The quantitative estimate of drug-likeness (QED) is 0.195. The molecule has 3 aromatic rings. The van der Waals surface area contributed by atoms with Gasteiger partial charge in [-0.05, 0) is 62.4 Å². The molecule has 0 bridgehead atoms. The molecule has 0 aromatic heterocycles. The Balaban J connectivity index is 0.000000231. The van der Waals surface area contributed by atoms with Crippen molar-refractivity contribution in [1.29, 1.82) is 0 Å². The van der Waals surface area contributed by atoms with E-state index >= 15 is 0 Å². The molecule has 54 heavy (non-hydrogen) atoms. The third-order valence-corrected chi connectivity index (χ3v) is 10.9. The molecule has 3 fully saturated rings. The van der Waals surface area contributed by atoms with Crippen LogP contribution in [-0.2, 0) is 15.1 Å². The van der Waals surface area contributed by atoms with Crippen molar-refractivity contribution in [2.75, 3.05) is 34.3 Å². The largest absolute Gasteiger partial charge is 0.508 e. The number of carbonyl (C=O) groups is 6. The highest BCUT2D eigenvalue weighted by molar-refractivity contribution is 6.12. The second kappa shape index (κ2) is 16.5. The lowest BCUT2D eigenvalue weighted by Crippen LogP contribution is -2.52. The van der Waals surface area contributed by atoms with Crippen molar-refractivity contribution in [2.45, 2.75) is 65.0 Å². The van der Waals surface area contributed by atoms with Crippen LogP contribution in [0.25, 0.3) is 0 Å². The molecule has 0 spiro atoms. The molecule has 2 saturated heterocycles. The van der Waals surface area contributed by atoms with Crippen molar-refractivity contribution >= 4 is 35.4 Å². The Kier molecular flexibility index (Phi) is 12.6. The lowest BCUT2D eigenvalue weighted by Gasteiger charge is -2.36. The van der Waals surface area contributed by atoms with Gasteiger partial charge in [-0.3, -0.25) is 29.0 Å². The summed E-state index contributed by atoms with van der Waals surface area (Å²) in [7, 11) is 4.65. The molecule has 4 atom stereocenters. The molecule has 6 rings (SSSR count). The van der Waals surface area contributed by atoms with E-state index in [1.807, 2.05) is 20.8 Å². The van der Waals surface area contributed by atoms with Crippen LogP contribution in [0.15, 0.2) is 72.8 Å². The third kappa shape index (κ3) is 7.39. The van der Waals surface area contributed by atoms with Crippen LogP contribution in [0, 0.1) is 11.8 Å². The van der Waals surface area contributed by atoms with Crippen LogP contribution in [0.5, 0.6) is 17.2 Å². The first-order valence-electron chi connectivity index (χ1n) is 18.0. The van der Waals surface area contributed by atoms with Crippen LogP contribution in [0.4, 0.5) is 9.59 Å². The predicted octanol–water partition coefficient (Wildman–Crippen LogP) is 6.08. The minimum Gasteiger partial charge on any atom is -0.508 e. The van der Waals surface area contributed by atoms with Crippen molar-refractivity contribution in [3.05, 3.63) is 89.5 Å². The van der Waals surface area contributed by atoms with Gasteiger partial charge in [0.05, 0.1) is 20.2 Å². The summed E-state index contributed by atoms with van der Waals surface area (Å²) in [5, 5.41) is 19.1. The highest BCUT2D eigenvalue weighted by Gasteiger charge is 2.59. The molecule has 2 N–H and O–H groups in total. The number of ether oxygens (including phenoxy) is 1. The average molecular weight is 743 g/mol. The second-order valence-electron chi connectivity index (χ2n) is 13.8. The second-order valence-corrected chi connectivity index (χ2v) is 13.8. The van der Waals surface area contributed by atoms with Crippen LogP contribution in [0.1, 0.15) is 80.2 Å². The van der Waals surface area contributed by atoms with E-state index in [1.54, 1.807) is 50.4 Å². The van der Waals surface area contributed by atoms with E-state index in [2.05, 4.69) is 6.92 Å². The zero-order chi connectivity index (χ0) is 40.1. The van der Waals surface area contributed by atoms with E-state index in [0.717, 1.165) is 29.1 Å². The molecule has 3 aliphatic rings. The lowest BCUT2D eigenvalue weighted by molar-refractivity contribution is -0.135. The first-order valence-corrected chi connectivity index (χ1v) is 18.0. The van der Waals surface area contributed by atoms with Crippen LogP contribution >= 0.6 is 0 Å². The Bertz CT molecular complexity index is 1930. The summed E-state index contributed by atoms with van der Waals surface area (Å²) in [4.78, 5) is 81.4. The Morgan fingerprint density at radius 1 is 0.741 bits per heavy atom. The van der Waals surface area contributed by atoms with Crippen LogP contribution in [0.3, 0.4) is 0 Å². The van der Waals surface area contributed by atoms with Crippen molar-refractivity contribution in [3.63, 3.8) is 0 Å². The zero-order valence-corrected chi connectivity index (χ0v) is 32.2. The summed E-state index contributed by atoms with van der Waals surface area (Å²) >= 11 is 0. The van der Waals surface area contributed by atoms with E-state index in [0.29, 0.717) is 17.2 Å². The molecular formula is C41H50N4O9. The maximum Gasteiger partial charge on any atom is 0.328 e. The van der Waals surface area contributed by atoms with Gasteiger partial charge in [-0.2, -0.15) is 0 Å². The molecule has 3 aromatic carbocycles. The minimum atomic E-state index is -1.29. The maximum atomic E-state index is 13.2. The monoisotopic (exact) mass is 742 g/mol. The molecule has 2 heterocycles. The van der Waals surface area contributed by atoms with E-state index in [-0.39, 0.29) is 46.8 Å². The number of phenols is 2. The van der Waals surface area contributed by atoms with Gasteiger partial charge in [0.2, 0.25) is 0 Å². The summed E-state index contributed by atoms with van der Waals surface area (Å²) in [6.07, 6.45) is 3.02. The van der Waals surface area contributed by atoms with Gasteiger partial charge in [0, 0.05) is 30.8 Å². The SMILES string of the molecule is CC.CC1CCCC1C1(C)C(=O)N(CC(=O)c2cccc(O)c2)C(=O)N1C.COc1ccccc1C1(C)C(=O)N(CC(=O)c2cccc(O)c2)C(=O)N1C. The number of benzene rings is 3. The van der Waals surface area contributed by atoms with Crippen molar-refractivity contribution < 1.29 is 43.7 Å². The van der Waals surface area contributed by atoms with Gasteiger partial charge >= 0.3 is 12.1 Å². The zero-order valence-electron chi connectivity index (χ0n) is 32.2. The molecular weight excluding hydrogens is 692 g/mol. The van der Waals surface area contributed by atoms with Crippen molar-refractivity contribution in [2.24, 2.45) is 11.8 Å². The predicted molar refractivity (Wildman–Crippen MR) is 201 cm³/mol. The normalized spacial score (nSPS) is 23.6. The number of methoxy groups -OCH3 is 1. The Labute approximate surface area is 316 Å². The molecule has 4 unspecified atom stereocenters. The molecule has 288 valence electrons. The highest BCUT2D eigenvalue weighted by Crippen LogP contribution is 2.45. The summed E-state index contributed by atoms with van der Waals surface area (Å²) in [5.41, 5.74) is -1.13. The highest BCUT2D eigenvalue weighted by atomic mass is 16.5. The number of ketones is 2. The number of para-hydroxylation sites is 1. The summed E-state index contributed by atoms with van der Waals surface area (Å²) in [6, 6.07) is 17.7. The van der Waals surface area contributed by atoms with Gasteiger partial charge in [-0.15, -0.1) is 0 Å². The molecule has 1 saturated carbocycles. The van der Waals surface area contributed by atoms with Crippen LogP contribution in [-0.4, -0.2) is 105 Å². The van der Waals surface area contributed by atoms with Crippen molar-refractivity contribution in [3.8, 4) is 17.2 Å².